The third-order valence-electron chi connectivity index (χ3n) is 0.235. The fraction of sp³-hybridized carbons (Fsp3) is 0.500. The Bertz CT molecular complexity index is 64.6. The van der Waals surface area contributed by atoms with Crippen molar-refractivity contribution in [1.29, 1.82) is 0 Å². The van der Waals surface area contributed by atoms with E-state index >= 15 is 0 Å². The normalized spacial score (nSPS) is 13.7. The van der Waals surface area contributed by atoms with Crippen molar-refractivity contribution in [3.63, 3.8) is 0 Å². The summed E-state index contributed by atoms with van der Waals surface area (Å²) in [6.45, 7) is 0. The zero-order chi connectivity index (χ0) is 5.15. The van der Waals surface area contributed by atoms with Gasteiger partial charge in [0.05, 0.1) is 0 Å². The molecule has 0 aromatic carbocycles. The number of rotatable bonds is 1. The van der Waals surface area contributed by atoms with Crippen LogP contribution in [0.4, 0.5) is 0 Å². The molecule has 36 valence electrons. The van der Waals surface area contributed by atoms with E-state index in [0.29, 0.717) is 0 Å². The lowest BCUT2D eigenvalue weighted by Gasteiger charge is -1.88. The standard InChI is InChI=1S/C2H4INOS/c3-1(6)2(4)5/h1,6H,(H2,4,5). The summed E-state index contributed by atoms with van der Waals surface area (Å²) < 4.78 is -0.345. The topological polar surface area (TPSA) is 43.1 Å². The molecule has 0 saturated carbocycles. The number of hydrogen-bond donors (Lipinski definition) is 2. The van der Waals surface area contributed by atoms with Gasteiger partial charge in [-0.2, -0.15) is 12.6 Å². The maximum Gasteiger partial charge on any atom is 0.240 e. The van der Waals surface area contributed by atoms with Gasteiger partial charge in [0.1, 0.15) is 3.26 Å². The minimum atomic E-state index is -0.390. The van der Waals surface area contributed by atoms with Crippen LogP contribution in [-0.4, -0.2) is 9.16 Å². The molecule has 1 atom stereocenters. The predicted octanol–water partition coefficient (Wildman–Crippen LogP) is 0.163. The van der Waals surface area contributed by atoms with E-state index in [9.17, 15) is 4.79 Å². The van der Waals surface area contributed by atoms with E-state index < -0.39 is 0 Å². The van der Waals surface area contributed by atoms with Crippen LogP contribution in [0.1, 0.15) is 0 Å². The average molecular weight is 217 g/mol. The van der Waals surface area contributed by atoms with Crippen molar-refractivity contribution in [2.45, 2.75) is 3.26 Å². The summed E-state index contributed by atoms with van der Waals surface area (Å²) in [4.78, 5) is 9.84. The van der Waals surface area contributed by atoms with E-state index in [-0.39, 0.29) is 9.16 Å². The Kier molecular flexibility index (Phi) is 2.92. The molecule has 0 rings (SSSR count). The first kappa shape index (κ1) is 6.55. The largest absolute Gasteiger partial charge is 0.368 e. The monoisotopic (exact) mass is 217 g/mol. The quantitative estimate of drug-likeness (QED) is 0.367. The van der Waals surface area contributed by atoms with Gasteiger partial charge in [0.2, 0.25) is 5.91 Å². The fourth-order valence-corrected chi connectivity index (χ4v) is 0. The van der Waals surface area contributed by atoms with Crippen molar-refractivity contribution >= 4 is 41.1 Å². The van der Waals surface area contributed by atoms with E-state index in [1.807, 2.05) is 22.6 Å². The van der Waals surface area contributed by atoms with Crippen LogP contribution in [0.2, 0.25) is 0 Å². The molecule has 0 aromatic rings. The summed E-state index contributed by atoms with van der Waals surface area (Å²) in [5.74, 6) is -0.390. The van der Waals surface area contributed by atoms with Crippen molar-refractivity contribution in [3.05, 3.63) is 0 Å². The van der Waals surface area contributed by atoms with Gasteiger partial charge in [0.15, 0.2) is 0 Å². The molecule has 0 spiro atoms. The van der Waals surface area contributed by atoms with Crippen LogP contribution in [0, 0.1) is 0 Å². The molecule has 0 heterocycles. The molecule has 2 N–H and O–H groups in total. The molecular formula is C2H4INOS. The third-order valence-corrected chi connectivity index (χ3v) is 1.10. The Hall–Kier alpha value is 0.550. The highest BCUT2D eigenvalue weighted by molar-refractivity contribution is 14.1. The van der Waals surface area contributed by atoms with E-state index in [1.165, 1.54) is 0 Å². The van der Waals surface area contributed by atoms with Crippen LogP contribution in [-0.2, 0) is 4.79 Å². The van der Waals surface area contributed by atoms with Gasteiger partial charge in [-0.05, 0) is 0 Å². The van der Waals surface area contributed by atoms with Crippen LogP contribution in [0.5, 0.6) is 0 Å². The zero-order valence-corrected chi connectivity index (χ0v) is 5.94. The second-order valence-corrected chi connectivity index (χ2v) is 3.49. The lowest BCUT2D eigenvalue weighted by molar-refractivity contribution is -0.115. The Morgan fingerprint density at radius 1 is 2.00 bits per heavy atom. The smallest absolute Gasteiger partial charge is 0.240 e. The lowest BCUT2D eigenvalue weighted by Crippen LogP contribution is -2.17. The van der Waals surface area contributed by atoms with Crippen molar-refractivity contribution < 1.29 is 4.79 Å². The molecule has 1 unspecified atom stereocenters. The van der Waals surface area contributed by atoms with Gasteiger partial charge in [-0.1, -0.05) is 22.6 Å². The second-order valence-electron chi connectivity index (χ2n) is 0.738. The first-order chi connectivity index (χ1) is 2.64. The van der Waals surface area contributed by atoms with Crippen LogP contribution in [0.3, 0.4) is 0 Å². The SMILES string of the molecule is NC(=O)C(S)I. The average Bonchev–Trinajstić information content (AvgIpc) is 1.36. The van der Waals surface area contributed by atoms with Crippen LogP contribution in [0.15, 0.2) is 0 Å². The summed E-state index contributed by atoms with van der Waals surface area (Å²) in [6, 6.07) is 0. The highest BCUT2D eigenvalue weighted by atomic mass is 127. The second kappa shape index (κ2) is 2.68. The molecule has 0 aliphatic heterocycles. The van der Waals surface area contributed by atoms with E-state index in [2.05, 4.69) is 12.6 Å². The summed E-state index contributed by atoms with van der Waals surface area (Å²) >= 11 is 5.53. The number of primary amides is 1. The Morgan fingerprint density at radius 3 is 2.17 bits per heavy atom. The first-order valence-electron chi connectivity index (χ1n) is 1.26. The van der Waals surface area contributed by atoms with Gasteiger partial charge in [-0.15, -0.1) is 0 Å². The molecule has 0 saturated heterocycles. The zero-order valence-electron chi connectivity index (χ0n) is 2.89. The van der Waals surface area contributed by atoms with E-state index in [0.717, 1.165) is 0 Å². The molecule has 2 nitrogen and oxygen atoms in total. The number of hydrogen-bond acceptors (Lipinski definition) is 2. The molecule has 0 fully saturated rings. The summed E-state index contributed by atoms with van der Waals surface area (Å²) in [6.07, 6.45) is 0. The number of amides is 1. The van der Waals surface area contributed by atoms with Crippen molar-refractivity contribution in [1.82, 2.24) is 0 Å². The first-order valence-corrected chi connectivity index (χ1v) is 3.02. The van der Waals surface area contributed by atoms with Crippen molar-refractivity contribution in [3.8, 4) is 0 Å². The minimum absolute atomic E-state index is 0.345. The third kappa shape index (κ3) is 2.77. The van der Waals surface area contributed by atoms with Crippen molar-refractivity contribution in [2.24, 2.45) is 5.73 Å². The number of carbonyl (C=O) groups excluding carboxylic acids is 1. The molecular weight excluding hydrogens is 213 g/mol. The Labute approximate surface area is 55.0 Å². The molecule has 0 bridgehead atoms. The molecule has 0 aliphatic carbocycles. The number of nitrogens with two attached hydrogens (primary N) is 1. The molecule has 0 radical (unpaired) electrons. The maximum atomic E-state index is 9.84. The molecule has 6 heavy (non-hydrogen) atoms. The Morgan fingerprint density at radius 2 is 2.17 bits per heavy atom. The highest BCUT2D eigenvalue weighted by Crippen LogP contribution is 2.01. The van der Waals surface area contributed by atoms with E-state index in [4.69, 9.17) is 5.73 Å². The van der Waals surface area contributed by atoms with E-state index in [1.54, 1.807) is 0 Å². The van der Waals surface area contributed by atoms with Gasteiger partial charge in [-0.3, -0.25) is 4.79 Å². The lowest BCUT2D eigenvalue weighted by atomic mass is 10.8. The minimum Gasteiger partial charge on any atom is -0.368 e. The van der Waals surface area contributed by atoms with Crippen LogP contribution in [0.25, 0.3) is 0 Å². The maximum absolute atomic E-state index is 9.84. The van der Waals surface area contributed by atoms with Crippen LogP contribution < -0.4 is 5.73 Å². The van der Waals surface area contributed by atoms with Gasteiger partial charge >= 0.3 is 0 Å². The van der Waals surface area contributed by atoms with Crippen molar-refractivity contribution in [2.75, 3.05) is 0 Å². The number of halogens is 1. The number of alkyl halides is 1. The van der Waals surface area contributed by atoms with Gasteiger partial charge in [0.25, 0.3) is 0 Å². The summed E-state index contributed by atoms with van der Waals surface area (Å²) in [5.41, 5.74) is 4.71. The van der Waals surface area contributed by atoms with Gasteiger partial charge in [-0.25, -0.2) is 0 Å². The number of carbonyl (C=O) groups is 1. The molecule has 0 aliphatic rings. The molecule has 4 heteroatoms. The fourth-order valence-electron chi connectivity index (χ4n) is 0. The molecule has 1 amide bonds. The van der Waals surface area contributed by atoms with Gasteiger partial charge < -0.3 is 5.73 Å². The number of thiol groups is 1. The summed E-state index contributed by atoms with van der Waals surface area (Å²) in [7, 11) is 0. The Balaban J connectivity index is 3.26. The van der Waals surface area contributed by atoms with Crippen LogP contribution >= 0.6 is 35.2 Å². The summed E-state index contributed by atoms with van der Waals surface area (Å²) in [5, 5.41) is 0. The molecule has 0 aromatic heterocycles. The predicted molar refractivity (Wildman–Crippen MR) is 36.0 cm³/mol. The van der Waals surface area contributed by atoms with Gasteiger partial charge in [0, 0.05) is 0 Å². The highest BCUT2D eigenvalue weighted by Gasteiger charge is 1.99.